The van der Waals surface area contributed by atoms with E-state index in [1.807, 2.05) is 38.1 Å². The maximum Gasteiger partial charge on any atom is 0.228 e. The summed E-state index contributed by atoms with van der Waals surface area (Å²) in [5, 5.41) is 0. The fourth-order valence-corrected chi connectivity index (χ4v) is 4.86. The summed E-state index contributed by atoms with van der Waals surface area (Å²) in [5.41, 5.74) is 2.03. The van der Waals surface area contributed by atoms with Gasteiger partial charge in [0, 0.05) is 32.6 Å². The minimum Gasteiger partial charge on any atom is -0.340 e. The van der Waals surface area contributed by atoms with Gasteiger partial charge >= 0.3 is 0 Å². The molecule has 2 aliphatic heterocycles. The summed E-state index contributed by atoms with van der Waals surface area (Å²) in [6.45, 7) is 5.13. The quantitative estimate of drug-likeness (QED) is 0.836. The Morgan fingerprint density at radius 2 is 2.08 bits per heavy atom. The molecule has 0 bridgehead atoms. The Kier molecular flexibility index (Phi) is 5.34. The number of amides is 2. The van der Waals surface area contributed by atoms with Gasteiger partial charge in [-0.15, -0.1) is 0 Å². The Morgan fingerprint density at radius 1 is 1.31 bits per heavy atom. The van der Waals surface area contributed by atoms with Crippen LogP contribution in [0.4, 0.5) is 0 Å². The van der Waals surface area contributed by atoms with Crippen LogP contribution in [-0.2, 0) is 19.6 Å². The molecule has 7 nitrogen and oxygen atoms in total. The van der Waals surface area contributed by atoms with Crippen LogP contribution in [0.15, 0.2) is 24.3 Å². The third-order valence-electron chi connectivity index (χ3n) is 5.12. The fourth-order valence-electron chi connectivity index (χ4n) is 3.86. The highest BCUT2D eigenvalue weighted by molar-refractivity contribution is 7.89. The van der Waals surface area contributed by atoms with Crippen molar-refractivity contribution in [3.05, 3.63) is 35.4 Å². The lowest BCUT2D eigenvalue weighted by Crippen LogP contribution is -2.41. The molecule has 0 spiro atoms. The monoisotopic (exact) mass is 379 g/mol. The van der Waals surface area contributed by atoms with Crippen molar-refractivity contribution in [2.45, 2.75) is 26.3 Å². The van der Waals surface area contributed by atoms with Gasteiger partial charge in [0.2, 0.25) is 21.8 Å². The SMILES string of the molecule is CCN1C(=O)CC(C(=O)N2CCNS(=O)(=O)CC2)C1c1cccc(C)c1. The van der Waals surface area contributed by atoms with E-state index >= 15 is 0 Å². The second-order valence-electron chi connectivity index (χ2n) is 6.89. The summed E-state index contributed by atoms with van der Waals surface area (Å²) >= 11 is 0. The number of benzene rings is 1. The van der Waals surface area contributed by atoms with E-state index in [-0.39, 0.29) is 43.1 Å². The third-order valence-corrected chi connectivity index (χ3v) is 6.48. The molecule has 1 aromatic carbocycles. The molecule has 2 unspecified atom stereocenters. The molecule has 0 radical (unpaired) electrons. The third kappa shape index (κ3) is 3.76. The van der Waals surface area contributed by atoms with Crippen LogP contribution in [-0.4, -0.2) is 62.0 Å². The molecule has 1 N–H and O–H groups in total. The van der Waals surface area contributed by atoms with E-state index in [2.05, 4.69) is 4.72 Å². The van der Waals surface area contributed by atoms with Gasteiger partial charge in [-0.3, -0.25) is 9.59 Å². The predicted molar refractivity (Wildman–Crippen MR) is 97.8 cm³/mol. The molecule has 2 amide bonds. The molecule has 2 fully saturated rings. The number of rotatable bonds is 3. The Balaban J connectivity index is 1.88. The molecular weight excluding hydrogens is 354 g/mol. The molecule has 2 heterocycles. The molecule has 2 saturated heterocycles. The average Bonchev–Trinajstić information content (AvgIpc) is 2.82. The van der Waals surface area contributed by atoms with Crippen LogP contribution in [0.25, 0.3) is 0 Å². The van der Waals surface area contributed by atoms with Crippen LogP contribution in [0, 0.1) is 12.8 Å². The van der Waals surface area contributed by atoms with Gasteiger partial charge in [-0.2, -0.15) is 0 Å². The van der Waals surface area contributed by atoms with Crippen molar-refractivity contribution >= 4 is 21.8 Å². The first-order valence-electron chi connectivity index (χ1n) is 8.94. The Labute approximate surface area is 154 Å². The number of aryl methyl sites for hydroxylation is 1. The second-order valence-corrected chi connectivity index (χ2v) is 8.81. The van der Waals surface area contributed by atoms with E-state index in [1.165, 1.54) is 0 Å². The number of carbonyl (C=O) groups is 2. The molecule has 8 heteroatoms. The summed E-state index contributed by atoms with van der Waals surface area (Å²) < 4.78 is 25.9. The summed E-state index contributed by atoms with van der Waals surface area (Å²) in [7, 11) is -3.33. The lowest BCUT2D eigenvalue weighted by Gasteiger charge is -2.30. The molecule has 0 aliphatic carbocycles. The molecule has 1 aromatic rings. The highest BCUT2D eigenvalue weighted by Gasteiger charge is 2.45. The molecular formula is C18H25N3O4S. The molecule has 3 rings (SSSR count). The summed E-state index contributed by atoms with van der Waals surface area (Å²) in [4.78, 5) is 29.0. The number of likely N-dealkylation sites (tertiary alicyclic amines) is 1. The van der Waals surface area contributed by atoms with Gasteiger partial charge in [-0.25, -0.2) is 13.1 Å². The van der Waals surface area contributed by atoms with Crippen LogP contribution in [0.5, 0.6) is 0 Å². The minimum atomic E-state index is -3.33. The van der Waals surface area contributed by atoms with Crippen molar-refractivity contribution in [1.82, 2.24) is 14.5 Å². The maximum absolute atomic E-state index is 13.2. The normalized spacial score (nSPS) is 26.0. The maximum atomic E-state index is 13.2. The topological polar surface area (TPSA) is 86.8 Å². The largest absolute Gasteiger partial charge is 0.340 e. The van der Waals surface area contributed by atoms with Crippen LogP contribution < -0.4 is 4.72 Å². The number of carbonyl (C=O) groups excluding carboxylic acids is 2. The highest BCUT2D eigenvalue weighted by atomic mass is 32.2. The average molecular weight is 379 g/mol. The standard InChI is InChI=1S/C18H25N3O4S/c1-3-21-16(22)12-15(17(21)14-6-4-5-13(2)11-14)18(23)20-8-7-19-26(24,25)10-9-20/h4-6,11,15,17,19H,3,7-10,12H2,1-2H3. The van der Waals surface area contributed by atoms with Crippen molar-refractivity contribution in [3.63, 3.8) is 0 Å². The van der Waals surface area contributed by atoms with Crippen molar-refractivity contribution in [2.75, 3.05) is 31.9 Å². The minimum absolute atomic E-state index is 0.0297. The Morgan fingerprint density at radius 3 is 2.77 bits per heavy atom. The number of sulfonamides is 1. The second kappa shape index (κ2) is 7.36. The lowest BCUT2D eigenvalue weighted by molar-refractivity contribution is -0.136. The fraction of sp³-hybridized carbons (Fsp3) is 0.556. The Hall–Kier alpha value is -1.93. The smallest absolute Gasteiger partial charge is 0.228 e. The van der Waals surface area contributed by atoms with Gasteiger partial charge < -0.3 is 9.80 Å². The van der Waals surface area contributed by atoms with Crippen LogP contribution >= 0.6 is 0 Å². The zero-order valence-electron chi connectivity index (χ0n) is 15.1. The van der Waals surface area contributed by atoms with Gasteiger partial charge in [-0.1, -0.05) is 29.8 Å². The van der Waals surface area contributed by atoms with E-state index in [9.17, 15) is 18.0 Å². The van der Waals surface area contributed by atoms with Crippen molar-refractivity contribution in [3.8, 4) is 0 Å². The first-order chi connectivity index (χ1) is 12.3. The van der Waals surface area contributed by atoms with E-state index in [1.54, 1.807) is 9.80 Å². The molecule has 0 saturated carbocycles. The van der Waals surface area contributed by atoms with Gasteiger partial charge in [-0.05, 0) is 19.4 Å². The van der Waals surface area contributed by atoms with Gasteiger partial charge in [0.05, 0.1) is 17.7 Å². The van der Waals surface area contributed by atoms with Gasteiger partial charge in [0.15, 0.2) is 0 Å². The van der Waals surface area contributed by atoms with Crippen molar-refractivity contribution in [1.29, 1.82) is 0 Å². The molecule has 26 heavy (non-hydrogen) atoms. The summed E-state index contributed by atoms with van der Waals surface area (Å²) in [6, 6.07) is 7.59. The van der Waals surface area contributed by atoms with Crippen LogP contribution in [0.3, 0.4) is 0 Å². The van der Waals surface area contributed by atoms with Crippen LogP contribution in [0.2, 0.25) is 0 Å². The number of hydrogen-bond donors (Lipinski definition) is 1. The Bertz CT molecular complexity index is 808. The lowest BCUT2D eigenvalue weighted by atomic mass is 9.91. The summed E-state index contributed by atoms with van der Waals surface area (Å²) in [5.74, 6) is -0.755. The van der Waals surface area contributed by atoms with Gasteiger partial charge in [0.1, 0.15) is 0 Å². The number of hydrogen-bond acceptors (Lipinski definition) is 4. The van der Waals surface area contributed by atoms with Gasteiger partial charge in [0.25, 0.3) is 0 Å². The van der Waals surface area contributed by atoms with Crippen molar-refractivity contribution in [2.24, 2.45) is 5.92 Å². The van der Waals surface area contributed by atoms with E-state index in [4.69, 9.17) is 0 Å². The first kappa shape index (κ1) is 18.8. The van der Waals surface area contributed by atoms with E-state index in [0.29, 0.717) is 13.1 Å². The zero-order chi connectivity index (χ0) is 18.9. The molecule has 142 valence electrons. The van der Waals surface area contributed by atoms with E-state index in [0.717, 1.165) is 11.1 Å². The molecule has 2 aliphatic rings. The number of nitrogens with one attached hydrogen (secondary N) is 1. The van der Waals surface area contributed by atoms with Crippen molar-refractivity contribution < 1.29 is 18.0 Å². The number of nitrogens with zero attached hydrogens (tertiary/aromatic N) is 2. The molecule has 2 atom stereocenters. The van der Waals surface area contributed by atoms with Crippen LogP contribution in [0.1, 0.15) is 30.5 Å². The first-order valence-corrected chi connectivity index (χ1v) is 10.6. The van der Waals surface area contributed by atoms with E-state index < -0.39 is 15.9 Å². The summed E-state index contributed by atoms with van der Waals surface area (Å²) in [6.07, 6.45) is 0.169. The molecule has 0 aromatic heterocycles. The highest BCUT2D eigenvalue weighted by Crippen LogP contribution is 2.39. The predicted octanol–water partition coefficient (Wildman–Crippen LogP) is 0.666. The zero-order valence-corrected chi connectivity index (χ0v) is 16.0.